The number of benzene rings is 1. The first-order valence-electron chi connectivity index (χ1n) is 4.62. The van der Waals surface area contributed by atoms with Crippen LogP contribution in [0.15, 0.2) is 40.4 Å². The number of nitrogen functional groups attached to an aromatic ring is 1. The minimum Gasteiger partial charge on any atom is -0.292 e. The summed E-state index contributed by atoms with van der Waals surface area (Å²) in [7, 11) is 0. The number of hydrazine groups is 1. The first-order chi connectivity index (χ1) is 8.20. The largest absolute Gasteiger partial charge is 0.292 e. The first-order valence-corrected chi connectivity index (χ1v) is 5.81. The molecular formula is C10H8ClFN4S. The predicted octanol–water partition coefficient (Wildman–Crippen LogP) is 2.71. The number of nitrogens with one attached hydrogen (secondary N) is 1. The second-order valence-corrected chi connectivity index (χ2v) is 4.46. The summed E-state index contributed by atoms with van der Waals surface area (Å²) < 4.78 is 13.4. The van der Waals surface area contributed by atoms with E-state index in [1.165, 1.54) is 12.3 Å². The zero-order chi connectivity index (χ0) is 12.3. The first kappa shape index (κ1) is 12.1. The molecule has 2 aromatic rings. The van der Waals surface area contributed by atoms with Crippen LogP contribution in [0, 0.1) is 5.82 Å². The lowest BCUT2D eigenvalue weighted by Crippen LogP contribution is -2.10. The second-order valence-electron chi connectivity index (χ2n) is 3.02. The smallest absolute Gasteiger partial charge is 0.238 e. The van der Waals surface area contributed by atoms with Gasteiger partial charge in [0.15, 0.2) is 0 Å². The van der Waals surface area contributed by atoms with Gasteiger partial charge in [0.25, 0.3) is 0 Å². The van der Waals surface area contributed by atoms with Crippen LogP contribution in [0.1, 0.15) is 0 Å². The van der Waals surface area contributed by atoms with E-state index in [1.54, 1.807) is 18.2 Å². The lowest BCUT2D eigenvalue weighted by Gasteiger charge is -2.05. The topological polar surface area (TPSA) is 63.8 Å². The number of anilines is 1. The van der Waals surface area contributed by atoms with Gasteiger partial charge in [0.2, 0.25) is 5.95 Å². The van der Waals surface area contributed by atoms with Crippen molar-refractivity contribution in [2.45, 2.75) is 9.92 Å². The monoisotopic (exact) mass is 270 g/mol. The highest BCUT2D eigenvalue weighted by Crippen LogP contribution is 2.33. The Morgan fingerprint density at radius 2 is 2.12 bits per heavy atom. The van der Waals surface area contributed by atoms with Gasteiger partial charge in [-0.1, -0.05) is 35.5 Å². The molecule has 0 bridgehead atoms. The molecule has 0 saturated heterocycles. The zero-order valence-corrected chi connectivity index (χ0v) is 10.1. The maximum absolute atomic E-state index is 13.4. The molecule has 0 amide bonds. The van der Waals surface area contributed by atoms with Crippen molar-refractivity contribution in [2.75, 3.05) is 5.43 Å². The van der Waals surface area contributed by atoms with Gasteiger partial charge in [-0.3, -0.25) is 5.43 Å². The molecule has 1 aromatic heterocycles. The SMILES string of the molecule is NNc1ncc(Cl)c(Sc2ccccc2F)n1. The summed E-state index contributed by atoms with van der Waals surface area (Å²) in [5.74, 6) is 5.10. The highest BCUT2D eigenvalue weighted by molar-refractivity contribution is 7.99. The van der Waals surface area contributed by atoms with Crippen molar-refractivity contribution in [3.63, 3.8) is 0 Å². The van der Waals surface area contributed by atoms with Crippen LogP contribution in [0.4, 0.5) is 10.3 Å². The molecule has 0 fully saturated rings. The lowest BCUT2D eigenvalue weighted by atomic mass is 10.3. The molecule has 3 N–H and O–H groups in total. The summed E-state index contributed by atoms with van der Waals surface area (Å²) in [5.41, 5.74) is 2.31. The van der Waals surface area contributed by atoms with Gasteiger partial charge in [0.1, 0.15) is 10.8 Å². The van der Waals surface area contributed by atoms with Crippen molar-refractivity contribution in [3.05, 3.63) is 41.3 Å². The fourth-order valence-corrected chi connectivity index (χ4v) is 2.13. The van der Waals surface area contributed by atoms with Gasteiger partial charge in [-0.15, -0.1) is 0 Å². The average molecular weight is 271 g/mol. The van der Waals surface area contributed by atoms with Gasteiger partial charge in [0.05, 0.1) is 11.2 Å². The molecule has 0 atom stereocenters. The normalized spacial score (nSPS) is 10.3. The Kier molecular flexibility index (Phi) is 3.78. The average Bonchev–Trinajstić information content (AvgIpc) is 2.35. The molecule has 0 aliphatic heterocycles. The maximum Gasteiger partial charge on any atom is 0.238 e. The third kappa shape index (κ3) is 2.85. The van der Waals surface area contributed by atoms with Crippen molar-refractivity contribution in [1.29, 1.82) is 0 Å². The van der Waals surface area contributed by atoms with Crippen molar-refractivity contribution < 1.29 is 4.39 Å². The molecule has 0 saturated carbocycles. The fourth-order valence-electron chi connectivity index (χ4n) is 1.12. The van der Waals surface area contributed by atoms with E-state index < -0.39 is 0 Å². The van der Waals surface area contributed by atoms with Gasteiger partial charge < -0.3 is 0 Å². The van der Waals surface area contributed by atoms with E-state index in [9.17, 15) is 4.39 Å². The minimum atomic E-state index is -0.325. The molecule has 0 aliphatic rings. The summed E-state index contributed by atoms with van der Waals surface area (Å²) in [5, 5.41) is 0.789. The quantitative estimate of drug-likeness (QED) is 0.510. The molecule has 1 heterocycles. The van der Waals surface area contributed by atoms with Crippen LogP contribution < -0.4 is 11.3 Å². The Morgan fingerprint density at radius 1 is 1.35 bits per heavy atom. The van der Waals surface area contributed by atoms with Gasteiger partial charge >= 0.3 is 0 Å². The Morgan fingerprint density at radius 3 is 2.82 bits per heavy atom. The summed E-state index contributed by atoms with van der Waals surface area (Å²) in [4.78, 5) is 8.32. The van der Waals surface area contributed by atoms with Crippen molar-refractivity contribution in [2.24, 2.45) is 5.84 Å². The number of nitrogens with two attached hydrogens (primary N) is 1. The van der Waals surface area contributed by atoms with Crippen molar-refractivity contribution in [3.8, 4) is 0 Å². The molecule has 0 radical (unpaired) electrons. The van der Waals surface area contributed by atoms with E-state index in [4.69, 9.17) is 17.4 Å². The van der Waals surface area contributed by atoms with E-state index in [0.717, 1.165) is 11.8 Å². The molecular weight excluding hydrogens is 263 g/mol. The van der Waals surface area contributed by atoms with Crippen LogP contribution in [-0.2, 0) is 0 Å². The highest BCUT2D eigenvalue weighted by atomic mass is 35.5. The summed E-state index contributed by atoms with van der Waals surface area (Å²) >= 11 is 7.04. The van der Waals surface area contributed by atoms with Crippen molar-refractivity contribution in [1.82, 2.24) is 9.97 Å². The third-order valence-electron chi connectivity index (χ3n) is 1.88. The maximum atomic E-state index is 13.4. The highest BCUT2D eigenvalue weighted by Gasteiger charge is 2.09. The van der Waals surface area contributed by atoms with E-state index in [-0.39, 0.29) is 11.8 Å². The molecule has 0 unspecified atom stereocenters. The third-order valence-corrected chi connectivity index (χ3v) is 3.33. The van der Waals surface area contributed by atoms with Crippen LogP contribution in [0.25, 0.3) is 0 Å². The van der Waals surface area contributed by atoms with Gasteiger partial charge in [-0.05, 0) is 12.1 Å². The number of hydrogen-bond acceptors (Lipinski definition) is 5. The number of aromatic nitrogens is 2. The number of halogens is 2. The van der Waals surface area contributed by atoms with Crippen LogP contribution in [0.3, 0.4) is 0 Å². The van der Waals surface area contributed by atoms with E-state index in [1.807, 2.05) is 0 Å². The molecule has 0 spiro atoms. The molecule has 2 rings (SSSR count). The zero-order valence-electron chi connectivity index (χ0n) is 8.52. The lowest BCUT2D eigenvalue weighted by molar-refractivity contribution is 0.602. The Bertz CT molecular complexity index is 537. The van der Waals surface area contributed by atoms with Crippen molar-refractivity contribution >= 4 is 29.3 Å². The Balaban J connectivity index is 2.32. The second kappa shape index (κ2) is 5.31. The van der Waals surface area contributed by atoms with Crippen LogP contribution in [0.2, 0.25) is 5.02 Å². The van der Waals surface area contributed by atoms with Crippen LogP contribution >= 0.6 is 23.4 Å². The summed E-state index contributed by atoms with van der Waals surface area (Å²) in [6, 6.07) is 6.38. The molecule has 0 aliphatic carbocycles. The fraction of sp³-hybridized carbons (Fsp3) is 0. The van der Waals surface area contributed by atoms with Crippen LogP contribution in [0.5, 0.6) is 0 Å². The minimum absolute atomic E-state index is 0.230. The van der Waals surface area contributed by atoms with E-state index in [2.05, 4.69) is 15.4 Å². The summed E-state index contributed by atoms with van der Waals surface area (Å²) in [6.07, 6.45) is 1.41. The Labute approximate surface area is 106 Å². The molecule has 1 aromatic carbocycles. The van der Waals surface area contributed by atoms with E-state index >= 15 is 0 Å². The van der Waals surface area contributed by atoms with Gasteiger partial charge in [-0.2, -0.15) is 0 Å². The summed E-state index contributed by atoms with van der Waals surface area (Å²) in [6.45, 7) is 0. The molecule has 17 heavy (non-hydrogen) atoms. The molecule has 7 heteroatoms. The molecule has 88 valence electrons. The van der Waals surface area contributed by atoms with Gasteiger partial charge in [0, 0.05) is 4.90 Å². The molecule has 4 nitrogen and oxygen atoms in total. The number of nitrogens with zero attached hydrogens (tertiary/aromatic N) is 2. The predicted molar refractivity (Wildman–Crippen MR) is 65.4 cm³/mol. The standard InChI is InChI=1S/C10H8ClFN4S/c11-6-5-14-10(16-13)15-9(6)17-8-4-2-1-3-7(8)12/h1-5H,13H2,(H,14,15,16). The number of hydrogen-bond donors (Lipinski definition) is 2. The van der Waals surface area contributed by atoms with Crippen LogP contribution in [-0.4, -0.2) is 9.97 Å². The van der Waals surface area contributed by atoms with E-state index in [0.29, 0.717) is 14.9 Å². The number of rotatable bonds is 3. The Hall–Kier alpha value is -1.37. The van der Waals surface area contributed by atoms with Gasteiger partial charge in [-0.25, -0.2) is 20.2 Å².